The quantitative estimate of drug-likeness (QED) is 0.793. The van der Waals surface area contributed by atoms with Gasteiger partial charge in [-0.05, 0) is 48.9 Å². The molecule has 1 aromatic heterocycles. The number of halogens is 1. The summed E-state index contributed by atoms with van der Waals surface area (Å²) in [7, 11) is 0. The van der Waals surface area contributed by atoms with E-state index >= 15 is 0 Å². The summed E-state index contributed by atoms with van der Waals surface area (Å²) in [6, 6.07) is 0. The standard InChI is InChI=1S/C13H24BrN5/c1-4-18(5-2)8-7-9-19(6-3)12-11(14)10-16-13(15)17-12/h10H,4-9H2,1-3H3,(H2,15,16,17). The lowest BCUT2D eigenvalue weighted by atomic mass is 10.3. The summed E-state index contributed by atoms with van der Waals surface area (Å²) in [4.78, 5) is 12.9. The van der Waals surface area contributed by atoms with E-state index in [1.807, 2.05) is 0 Å². The molecule has 0 saturated carbocycles. The summed E-state index contributed by atoms with van der Waals surface area (Å²) in [5.41, 5.74) is 5.66. The SMILES string of the molecule is CCN(CC)CCCN(CC)c1nc(N)ncc1Br. The van der Waals surface area contributed by atoms with Gasteiger partial charge in [-0.2, -0.15) is 4.98 Å². The molecule has 1 aromatic rings. The Labute approximate surface area is 124 Å². The molecule has 19 heavy (non-hydrogen) atoms. The summed E-state index contributed by atoms with van der Waals surface area (Å²) in [5.74, 6) is 1.20. The lowest BCUT2D eigenvalue weighted by Gasteiger charge is -2.25. The van der Waals surface area contributed by atoms with Crippen LogP contribution in [0.25, 0.3) is 0 Å². The minimum atomic E-state index is 0.320. The van der Waals surface area contributed by atoms with Gasteiger partial charge in [0, 0.05) is 19.3 Å². The van der Waals surface area contributed by atoms with E-state index in [0.717, 1.165) is 49.4 Å². The van der Waals surface area contributed by atoms with Crippen LogP contribution >= 0.6 is 15.9 Å². The fourth-order valence-electron chi connectivity index (χ4n) is 2.03. The van der Waals surface area contributed by atoms with E-state index in [1.165, 1.54) is 0 Å². The van der Waals surface area contributed by atoms with Crippen LogP contribution in [-0.2, 0) is 0 Å². The third-order valence-corrected chi connectivity index (χ3v) is 3.78. The molecule has 5 nitrogen and oxygen atoms in total. The first-order valence-corrected chi connectivity index (χ1v) is 7.66. The molecular formula is C13H24BrN5. The highest BCUT2D eigenvalue weighted by Gasteiger charge is 2.11. The Morgan fingerprint density at radius 3 is 2.42 bits per heavy atom. The molecule has 0 aromatic carbocycles. The lowest BCUT2D eigenvalue weighted by molar-refractivity contribution is 0.300. The van der Waals surface area contributed by atoms with Crippen molar-refractivity contribution in [1.82, 2.24) is 14.9 Å². The fraction of sp³-hybridized carbons (Fsp3) is 0.692. The number of nitrogen functional groups attached to an aromatic ring is 1. The first kappa shape index (κ1) is 16.2. The van der Waals surface area contributed by atoms with E-state index in [9.17, 15) is 0 Å². The molecule has 0 amide bonds. The van der Waals surface area contributed by atoms with E-state index in [1.54, 1.807) is 6.20 Å². The van der Waals surface area contributed by atoms with Crippen LogP contribution in [0.4, 0.5) is 11.8 Å². The number of anilines is 2. The number of rotatable bonds is 8. The van der Waals surface area contributed by atoms with Gasteiger partial charge in [-0.15, -0.1) is 0 Å². The highest BCUT2D eigenvalue weighted by atomic mass is 79.9. The van der Waals surface area contributed by atoms with E-state index in [0.29, 0.717) is 5.95 Å². The maximum Gasteiger partial charge on any atom is 0.222 e. The summed E-state index contributed by atoms with van der Waals surface area (Å²) < 4.78 is 0.895. The molecule has 0 unspecified atom stereocenters. The van der Waals surface area contributed by atoms with Crippen molar-refractivity contribution in [2.45, 2.75) is 27.2 Å². The summed E-state index contributed by atoms with van der Waals surface area (Å²) in [5, 5.41) is 0. The molecule has 0 atom stereocenters. The van der Waals surface area contributed by atoms with Crippen molar-refractivity contribution in [1.29, 1.82) is 0 Å². The Kier molecular flexibility index (Phi) is 7.09. The van der Waals surface area contributed by atoms with Crippen molar-refractivity contribution in [2.75, 3.05) is 43.4 Å². The zero-order valence-corrected chi connectivity index (χ0v) is 13.7. The third-order valence-electron chi connectivity index (χ3n) is 3.22. The zero-order chi connectivity index (χ0) is 14.3. The van der Waals surface area contributed by atoms with Crippen LogP contribution in [0, 0.1) is 0 Å². The van der Waals surface area contributed by atoms with Crippen molar-refractivity contribution < 1.29 is 0 Å². The molecule has 1 heterocycles. The van der Waals surface area contributed by atoms with Gasteiger partial charge in [0.1, 0.15) is 5.82 Å². The number of nitrogens with two attached hydrogens (primary N) is 1. The van der Waals surface area contributed by atoms with E-state index in [4.69, 9.17) is 5.73 Å². The number of aromatic nitrogens is 2. The van der Waals surface area contributed by atoms with Crippen LogP contribution in [0.15, 0.2) is 10.7 Å². The van der Waals surface area contributed by atoms with Crippen LogP contribution in [-0.4, -0.2) is 47.6 Å². The molecule has 0 aliphatic rings. The van der Waals surface area contributed by atoms with Gasteiger partial charge >= 0.3 is 0 Å². The van der Waals surface area contributed by atoms with Crippen molar-refractivity contribution in [2.24, 2.45) is 0 Å². The van der Waals surface area contributed by atoms with E-state index in [-0.39, 0.29) is 0 Å². The van der Waals surface area contributed by atoms with Gasteiger partial charge in [0.05, 0.1) is 4.47 Å². The summed E-state index contributed by atoms with van der Waals surface area (Å²) in [6.45, 7) is 11.7. The predicted molar refractivity (Wildman–Crippen MR) is 84.4 cm³/mol. The smallest absolute Gasteiger partial charge is 0.222 e. The summed E-state index contributed by atoms with van der Waals surface area (Å²) in [6.07, 6.45) is 2.83. The molecule has 2 N–H and O–H groups in total. The molecule has 6 heteroatoms. The third kappa shape index (κ3) is 4.95. The Bertz CT molecular complexity index is 381. The number of hydrogen-bond acceptors (Lipinski definition) is 5. The average molecular weight is 330 g/mol. The normalized spacial score (nSPS) is 11.0. The Hall–Kier alpha value is -0.880. The van der Waals surface area contributed by atoms with Crippen molar-refractivity contribution >= 4 is 27.7 Å². The minimum absolute atomic E-state index is 0.320. The van der Waals surface area contributed by atoms with Crippen LogP contribution < -0.4 is 10.6 Å². The van der Waals surface area contributed by atoms with Gasteiger partial charge in [-0.3, -0.25) is 0 Å². The lowest BCUT2D eigenvalue weighted by Crippen LogP contribution is -2.30. The minimum Gasteiger partial charge on any atom is -0.368 e. The van der Waals surface area contributed by atoms with Crippen molar-refractivity contribution in [3.8, 4) is 0 Å². The highest BCUT2D eigenvalue weighted by molar-refractivity contribution is 9.10. The molecule has 0 aliphatic heterocycles. The first-order valence-electron chi connectivity index (χ1n) is 6.87. The Balaban J connectivity index is 2.60. The average Bonchev–Trinajstić information content (AvgIpc) is 2.42. The first-order chi connectivity index (χ1) is 9.12. The highest BCUT2D eigenvalue weighted by Crippen LogP contribution is 2.23. The van der Waals surface area contributed by atoms with Gasteiger partial charge in [-0.1, -0.05) is 13.8 Å². The van der Waals surface area contributed by atoms with Gasteiger partial charge in [-0.25, -0.2) is 4.98 Å². The maximum atomic E-state index is 5.66. The van der Waals surface area contributed by atoms with Crippen LogP contribution in [0.5, 0.6) is 0 Å². The van der Waals surface area contributed by atoms with Gasteiger partial charge < -0.3 is 15.5 Å². The second-order valence-corrected chi connectivity index (χ2v) is 5.21. The molecule has 108 valence electrons. The summed E-state index contributed by atoms with van der Waals surface area (Å²) >= 11 is 3.49. The molecular weight excluding hydrogens is 306 g/mol. The Morgan fingerprint density at radius 1 is 1.16 bits per heavy atom. The predicted octanol–water partition coefficient (Wildman–Crippen LogP) is 2.38. The maximum absolute atomic E-state index is 5.66. The van der Waals surface area contributed by atoms with Crippen LogP contribution in [0.2, 0.25) is 0 Å². The van der Waals surface area contributed by atoms with Crippen molar-refractivity contribution in [3.63, 3.8) is 0 Å². The largest absolute Gasteiger partial charge is 0.368 e. The Morgan fingerprint density at radius 2 is 1.84 bits per heavy atom. The van der Waals surface area contributed by atoms with Gasteiger partial charge in [0.25, 0.3) is 0 Å². The van der Waals surface area contributed by atoms with Gasteiger partial charge in [0.2, 0.25) is 5.95 Å². The van der Waals surface area contributed by atoms with Gasteiger partial charge in [0.15, 0.2) is 0 Å². The number of nitrogens with zero attached hydrogens (tertiary/aromatic N) is 4. The van der Waals surface area contributed by atoms with Crippen LogP contribution in [0.3, 0.4) is 0 Å². The topological polar surface area (TPSA) is 58.3 Å². The van der Waals surface area contributed by atoms with Crippen molar-refractivity contribution in [3.05, 3.63) is 10.7 Å². The molecule has 0 aliphatic carbocycles. The van der Waals surface area contributed by atoms with Crippen LogP contribution in [0.1, 0.15) is 27.2 Å². The molecule has 0 spiro atoms. The molecule has 0 fully saturated rings. The zero-order valence-electron chi connectivity index (χ0n) is 12.1. The van der Waals surface area contributed by atoms with E-state index in [2.05, 4.69) is 56.5 Å². The molecule has 0 saturated heterocycles. The number of hydrogen-bond donors (Lipinski definition) is 1. The second kappa shape index (κ2) is 8.32. The fourth-order valence-corrected chi connectivity index (χ4v) is 2.47. The monoisotopic (exact) mass is 329 g/mol. The molecule has 0 bridgehead atoms. The second-order valence-electron chi connectivity index (χ2n) is 4.36. The van der Waals surface area contributed by atoms with E-state index < -0.39 is 0 Å². The molecule has 0 radical (unpaired) electrons. The molecule has 1 rings (SSSR count).